The molecular weight excluding hydrogens is 348 g/mol. The van der Waals surface area contributed by atoms with Gasteiger partial charge in [0.25, 0.3) is 0 Å². The molecule has 0 amide bonds. The second-order valence-electron chi connectivity index (χ2n) is 7.13. The second kappa shape index (κ2) is 8.30. The zero-order valence-corrected chi connectivity index (χ0v) is 15.7. The molecule has 1 N–H and O–H groups in total. The highest BCUT2D eigenvalue weighted by atomic mass is 35.5. The first-order valence-corrected chi connectivity index (χ1v) is 9.71. The van der Waals surface area contributed by atoms with E-state index in [-0.39, 0.29) is 0 Å². The number of hydrogen-bond donors (Lipinski definition) is 1. The van der Waals surface area contributed by atoms with E-state index < -0.39 is 0 Å². The molecular formula is C21H25ClN2O2. The van der Waals surface area contributed by atoms with Crippen LogP contribution in [0.1, 0.15) is 24.0 Å². The Morgan fingerprint density at radius 3 is 2.69 bits per heavy atom. The van der Waals surface area contributed by atoms with Gasteiger partial charge < -0.3 is 14.8 Å². The summed E-state index contributed by atoms with van der Waals surface area (Å²) in [4.78, 5) is 2.51. The maximum absolute atomic E-state index is 6.28. The number of halogens is 1. The monoisotopic (exact) mass is 372 g/mol. The Balaban J connectivity index is 1.19. The fraction of sp³-hybridized carbons (Fsp3) is 0.429. The highest BCUT2D eigenvalue weighted by Crippen LogP contribution is 2.32. The summed E-state index contributed by atoms with van der Waals surface area (Å²) in [6, 6.07) is 14.3. The van der Waals surface area contributed by atoms with Crippen molar-refractivity contribution in [2.24, 2.45) is 5.92 Å². The molecule has 2 aliphatic rings. The Morgan fingerprint density at radius 2 is 1.85 bits per heavy atom. The minimum absolute atomic E-state index is 0.332. The lowest BCUT2D eigenvalue weighted by molar-refractivity contribution is 0.174. The Bertz CT molecular complexity index is 745. The molecule has 0 spiro atoms. The van der Waals surface area contributed by atoms with Gasteiger partial charge in [-0.1, -0.05) is 35.9 Å². The van der Waals surface area contributed by atoms with Crippen molar-refractivity contribution >= 4 is 11.6 Å². The lowest BCUT2D eigenvalue weighted by atomic mass is 9.96. The van der Waals surface area contributed by atoms with E-state index in [1.54, 1.807) is 0 Å². The number of nitrogens with one attached hydrogen (secondary N) is 1. The van der Waals surface area contributed by atoms with Crippen LogP contribution in [0, 0.1) is 5.92 Å². The smallest absolute Gasteiger partial charge is 0.231 e. The number of benzene rings is 2. The van der Waals surface area contributed by atoms with Crippen molar-refractivity contribution in [2.45, 2.75) is 25.9 Å². The quantitative estimate of drug-likeness (QED) is 0.828. The molecule has 26 heavy (non-hydrogen) atoms. The third-order valence-electron chi connectivity index (χ3n) is 5.26. The van der Waals surface area contributed by atoms with Crippen LogP contribution in [0.2, 0.25) is 5.02 Å². The number of fused-ring (bicyclic) bond motifs is 1. The number of rotatable bonds is 6. The molecule has 2 aliphatic heterocycles. The van der Waals surface area contributed by atoms with Crippen LogP contribution in [0.25, 0.3) is 0 Å². The van der Waals surface area contributed by atoms with Crippen molar-refractivity contribution in [3.63, 3.8) is 0 Å². The Labute approximate surface area is 160 Å². The summed E-state index contributed by atoms with van der Waals surface area (Å²) in [6.07, 6.45) is 2.47. The zero-order chi connectivity index (χ0) is 17.8. The van der Waals surface area contributed by atoms with Crippen LogP contribution < -0.4 is 14.8 Å². The van der Waals surface area contributed by atoms with Gasteiger partial charge in [-0.05, 0) is 67.7 Å². The van der Waals surface area contributed by atoms with Gasteiger partial charge in [0.1, 0.15) is 0 Å². The van der Waals surface area contributed by atoms with Gasteiger partial charge in [0.05, 0.1) is 0 Å². The van der Waals surface area contributed by atoms with Gasteiger partial charge in [-0.25, -0.2) is 0 Å². The van der Waals surface area contributed by atoms with Crippen molar-refractivity contribution in [1.82, 2.24) is 10.2 Å². The van der Waals surface area contributed by atoms with Crippen LogP contribution in [0.5, 0.6) is 11.5 Å². The molecule has 4 rings (SSSR count). The van der Waals surface area contributed by atoms with Gasteiger partial charge in [0, 0.05) is 18.1 Å². The van der Waals surface area contributed by atoms with Gasteiger partial charge >= 0.3 is 0 Å². The van der Waals surface area contributed by atoms with E-state index in [2.05, 4.69) is 34.5 Å². The Kier molecular flexibility index (Phi) is 5.63. The van der Waals surface area contributed by atoms with E-state index in [9.17, 15) is 0 Å². The molecule has 0 aliphatic carbocycles. The van der Waals surface area contributed by atoms with Crippen molar-refractivity contribution in [1.29, 1.82) is 0 Å². The summed E-state index contributed by atoms with van der Waals surface area (Å²) in [5.41, 5.74) is 2.47. The Morgan fingerprint density at radius 1 is 1.04 bits per heavy atom. The van der Waals surface area contributed by atoms with Crippen LogP contribution in [-0.2, 0) is 13.1 Å². The average molecular weight is 373 g/mol. The molecule has 0 radical (unpaired) electrons. The number of hydrogen-bond acceptors (Lipinski definition) is 4. The van der Waals surface area contributed by atoms with Gasteiger partial charge in [0.2, 0.25) is 6.79 Å². The summed E-state index contributed by atoms with van der Waals surface area (Å²) >= 11 is 6.28. The fourth-order valence-corrected chi connectivity index (χ4v) is 3.88. The highest BCUT2D eigenvalue weighted by Gasteiger charge is 2.19. The van der Waals surface area contributed by atoms with Crippen LogP contribution in [0.15, 0.2) is 42.5 Å². The Hall–Kier alpha value is -1.75. The van der Waals surface area contributed by atoms with Crippen LogP contribution in [-0.4, -0.2) is 31.3 Å². The molecule has 0 bridgehead atoms. The summed E-state index contributed by atoms with van der Waals surface area (Å²) < 4.78 is 10.8. The van der Waals surface area contributed by atoms with Gasteiger partial charge in [-0.3, -0.25) is 4.90 Å². The van der Waals surface area contributed by atoms with Crippen molar-refractivity contribution in [3.05, 3.63) is 58.6 Å². The molecule has 0 saturated carbocycles. The van der Waals surface area contributed by atoms with Gasteiger partial charge in [-0.15, -0.1) is 0 Å². The maximum atomic E-state index is 6.28. The number of nitrogens with zero attached hydrogens (tertiary/aromatic N) is 1. The predicted molar refractivity (Wildman–Crippen MR) is 104 cm³/mol. The van der Waals surface area contributed by atoms with Crippen LogP contribution in [0.4, 0.5) is 0 Å². The lowest BCUT2D eigenvalue weighted by Gasteiger charge is -2.32. The maximum Gasteiger partial charge on any atom is 0.231 e. The van der Waals surface area contributed by atoms with Crippen molar-refractivity contribution in [3.8, 4) is 11.5 Å². The molecule has 5 heteroatoms. The second-order valence-corrected chi connectivity index (χ2v) is 7.54. The van der Waals surface area contributed by atoms with Crippen LogP contribution in [0.3, 0.4) is 0 Å². The largest absolute Gasteiger partial charge is 0.454 e. The molecule has 2 heterocycles. The van der Waals surface area contributed by atoms with E-state index in [1.165, 1.54) is 24.0 Å². The van der Waals surface area contributed by atoms with E-state index in [0.29, 0.717) is 6.79 Å². The summed E-state index contributed by atoms with van der Waals surface area (Å²) in [6.45, 7) is 5.50. The molecule has 2 aromatic rings. The minimum atomic E-state index is 0.332. The molecule has 0 unspecified atom stereocenters. The van der Waals surface area contributed by atoms with Crippen molar-refractivity contribution < 1.29 is 9.47 Å². The van der Waals surface area contributed by atoms with Gasteiger partial charge in [-0.2, -0.15) is 0 Å². The molecule has 0 atom stereocenters. The third kappa shape index (κ3) is 4.32. The number of ether oxygens (including phenoxy) is 2. The summed E-state index contributed by atoms with van der Waals surface area (Å²) in [7, 11) is 0. The minimum Gasteiger partial charge on any atom is -0.454 e. The SMILES string of the molecule is Clc1ccccc1CN1CCC(CNCc2ccc3c(c2)OCO3)CC1. The fourth-order valence-electron chi connectivity index (χ4n) is 3.69. The predicted octanol–water partition coefficient (Wildman–Crippen LogP) is 4.07. The van der Waals surface area contributed by atoms with Crippen molar-refractivity contribution in [2.75, 3.05) is 26.4 Å². The van der Waals surface area contributed by atoms with Crippen LogP contribution >= 0.6 is 11.6 Å². The molecule has 1 saturated heterocycles. The molecule has 138 valence electrons. The average Bonchev–Trinajstić information content (AvgIpc) is 3.13. The number of piperidine rings is 1. The molecule has 2 aromatic carbocycles. The highest BCUT2D eigenvalue weighted by molar-refractivity contribution is 6.31. The number of likely N-dealkylation sites (tertiary alicyclic amines) is 1. The van der Waals surface area contributed by atoms with E-state index in [4.69, 9.17) is 21.1 Å². The molecule has 1 fully saturated rings. The zero-order valence-electron chi connectivity index (χ0n) is 14.9. The van der Waals surface area contributed by atoms with E-state index in [0.717, 1.165) is 55.2 Å². The first kappa shape index (κ1) is 17.7. The first-order valence-electron chi connectivity index (χ1n) is 9.33. The topological polar surface area (TPSA) is 33.7 Å². The van der Waals surface area contributed by atoms with E-state index >= 15 is 0 Å². The first-order chi connectivity index (χ1) is 12.8. The van der Waals surface area contributed by atoms with Gasteiger partial charge in [0.15, 0.2) is 11.5 Å². The normalized spacial score (nSPS) is 17.6. The lowest BCUT2D eigenvalue weighted by Crippen LogP contribution is -2.36. The molecule has 0 aromatic heterocycles. The summed E-state index contributed by atoms with van der Waals surface area (Å²) in [5.74, 6) is 2.45. The van der Waals surface area contributed by atoms with E-state index in [1.807, 2.05) is 18.2 Å². The standard InChI is InChI=1S/C21H25ClN2O2/c22-19-4-2-1-3-18(19)14-24-9-7-16(8-10-24)12-23-13-17-5-6-20-21(11-17)26-15-25-20/h1-6,11,16,23H,7-10,12-15H2. The summed E-state index contributed by atoms with van der Waals surface area (Å²) in [5, 5.41) is 4.48. The third-order valence-corrected chi connectivity index (χ3v) is 5.63. The molecule has 4 nitrogen and oxygen atoms in total.